The molecular weight excluding hydrogens is 357 g/mol. The molecule has 1 aromatic heterocycles. The number of aliphatic imine (C=N–C) groups is 2. The molecule has 136 valence electrons. The summed E-state index contributed by atoms with van der Waals surface area (Å²) >= 11 is 1.63. The summed E-state index contributed by atoms with van der Waals surface area (Å²) in [6, 6.07) is 5.89. The van der Waals surface area contributed by atoms with Crippen LogP contribution in [0.3, 0.4) is 0 Å². The lowest BCUT2D eigenvalue weighted by molar-refractivity contribution is -0.120. The number of guanidine groups is 1. The van der Waals surface area contributed by atoms with E-state index in [4.69, 9.17) is 9.72 Å². The Bertz CT molecular complexity index is 917. The number of alkyl halides is 1. The summed E-state index contributed by atoms with van der Waals surface area (Å²) in [6.45, 7) is 4.26. The molecule has 0 radical (unpaired) electrons. The number of carbonyl (C=O) groups excluding carboxylic acids is 1. The number of fused-ring (bicyclic) bond motifs is 1. The molecule has 0 aliphatic carbocycles. The van der Waals surface area contributed by atoms with Gasteiger partial charge in [-0.3, -0.25) is 4.79 Å². The van der Waals surface area contributed by atoms with Gasteiger partial charge in [0.15, 0.2) is 5.13 Å². The fourth-order valence-electron chi connectivity index (χ4n) is 3.02. The molecule has 0 spiro atoms. The number of rotatable bonds is 2. The summed E-state index contributed by atoms with van der Waals surface area (Å²) in [5.41, 5.74) is 1.04. The second kappa shape index (κ2) is 6.64. The number of nitrogens with zero attached hydrogens (tertiary/aromatic N) is 5. The Labute approximate surface area is 153 Å². The van der Waals surface area contributed by atoms with Crippen LogP contribution in [0.1, 0.15) is 6.92 Å². The average Bonchev–Trinajstić information content (AvgIpc) is 3.10. The summed E-state index contributed by atoms with van der Waals surface area (Å²) < 4.78 is 20.0. The minimum atomic E-state index is -1.71. The quantitative estimate of drug-likeness (QED) is 0.804. The number of ether oxygens (including phenoxy) is 1. The Kier molecular flexibility index (Phi) is 4.31. The number of amides is 1. The third-order valence-electron chi connectivity index (χ3n) is 4.49. The van der Waals surface area contributed by atoms with Crippen LogP contribution in [0, 0.1) is 0 Å². The molecule has 9 heteroatoms. The first-order valence-electron chi connectivity index (χ1n) is 8.32. The van der Waals surface area contributed by atoms with Crippen LogP contribution < -0.4 is 9.64 Å². The van der Waals surface area contributed by atoms with Crippen molar-refractivity contribution in [1.29, 1.82) is 0 Å². The first kappa shape index (κ1) is 16.9. The molecule has 2 aliphatic heterocycles. The van der Waals surface area contributed by atoms with Crippen molar-refractivity contribution >= 4 is 44.3 Å². The predicted molar refractivity (Wildman–Crippen MR) is 100 cm³/mol. The molecule has 2 aliphatic rings. The lowest BCUT2D eigenvalue weighted by Crippen LogP contribution is -2.49. The van der Waals surface area contributed by atoms with Crippen LogP contribution in [0.15, 0.2) is 28.2 Å². The number of benzene rings is 1. The average molecular weight is 375 g/mol. The van der Waals surface area contributed by atoms with Crippen LogP contribution in [0.25, 0.3) is 10.2 Å². The highest BCUT2D eigenvalue weighted by Gasteiger charge is 2.29. The summed E-state index contributed by atoms with van der Waals surface area (Å²) in [4.78, 5) is 28.4. The zero-order valence-electron chi connectivity index (χ0n) is 14.5. The molecule has 3 heterocycles. The highest BCUT2D eigenvalue weighted by atomic mass is 32.1. The Balaban J connectivity index is 1.49. The molecule has 1 atom stereocenters. The number of para-hydroxylation sites is 1. The maximum absolute atomic E-state index is 13.5. The molecule has 26 heavy (non-hydrogen) atoms. The van der Waals surface area contributed by atoms with E-state index in [0.29, 0.717) is 19.0 Å². The standard InChI is InChI=1S/C17H18FN5O2S/c1-10-13(18)15(24)21-16(19-10)22-6-8-23(9-7-22)17-20-14-11(25-2)4-3-5-12(14)26-17/h3-5,13H,6-9H2,1-2H3. The van der Waals surface area contributed by atoms with Gasteiger partial charge in [-0.25, -0.2) is 14.4 Å². The third kappa shape index (κ3) is 2.92. The van der Waals surface area contributed by atoms with Crippen molar-refractivity contribution in [2.75, 3.05) is 38.2 Å². The Morgan fingerprint density at radius 1 is 1.19 bits per heavy atom. The monoisotopic (exact) mass is 375 g/mol. The second-order valence-electron chi connectivity index (χ2n) is 6.14. The highest BCUT2D eigenvalue weighted by molar-refractivity contribution is 7.22. The van der Waals surface area contributed by atoms with Crippen molar-refractivity contribution in [1.82, 2.24) is 9.88 Å². The maximum Gasteiger partial charge on any atom is 0.289 e. The molecule has 4 rings (SSSR count). The van der Waals surface area contributed by atoms with E-state index in [1.54, 1.807) is 18.4 Å². The van der Waals surface area contributed by atoms with Gasteiger partial charge < -0.3 is 14.5 Å². The molecule has 0 N–H and O–H groups in total. The van der Waals surface area contributed by atoms with Crippen molar-refractivity contribution in [3.8, 4) is 5.75 Å². The number of halogens is 1. The first-order valence-corrected chi connectivity index (χ1v) is 9.13. The molecular formula is C17H18FN5O2S. The molecule has 1 fully saturated rings. The minimum Gasteiger partial charge on any atom is -0.494 e. The van der Waals surface area contributed by atoms with Gasteiger partial charge in [0.2, 0.25) is 12.1 Å². The van der Waals surface area contributed by atoms with Crippen molar-refractivity contribution in [2.24, 2.45) is 9.98 Å². The fourth-order valence-corrected chi connectivity index (χ4v) is 4.06. The van der Waals surface area contributed by atoms with Gasteiger partial charge >= 0.3 is 0 Å². The van der Waals surface area contributed by atoms with Crippen LogP contribution in [0.4, 0.5) is 9.52 Å². The maximum atomic E-state index is 13.5. The van der Waals surface area contributed by atoms with Gasteiger partial charge in [-0.15, -0.1) is 0 Å². The van der Waals surface area contributed by atoms with Crippen LogP contribution in [0.2, 0.25) is 0 Å². The number of thiazole rings is 1. The van der Waals surface area contributed by atoms with Gasteiger partial charge in [0.1, 0.15) is 11.3 Å². The number of piperazine rings is 1. The van der Waals surface area contributed by atoms with Crippen LogP contribution in [-0.4, -0.2) is 66.9 Å². The van der Waals surface area contributed by atoms with Crippen molar-refractivity contribution in [3.63, 3.8) is 0 Å². The van der Waals surface area contributed by atoms with E-state index in [0.717, 1.165) is 34.2 Å². The van der Waals surface area contributed by atoms with E-state index in [1.165, 1.54) is 6.92 Å². The summed E-state index contributed by atoms with van der Waals surface area (Å²) in [7, 11) is 1.64. The molecule has 2 aromatic rings. The SMILES string of the molecule is COc1cccc2sc(N3CCN(C4=NC(=O)C(F)C(C)=N4)CC3)nc12. The van der Waals surface area contributed by atoms with E-state index < -0.39 is 12.1 Å². The smallest absolute Gasteiger partial charge is 0.289 e. The van der Waals surface area contributed by atoms with Gasteiger partial charge in [0.05, 0.1) is 17.5 Å². The molecule has 0 bridgehead atoms. The van der Waals surface area contributed by atoms with E-state index in [2.05, 4.69) is 14.9 Å². The first-order chi connectivity index (χ1) is 12.6. The summed E-state index contributed by atoms with van der Waals surface area (Å²) in [5, 5.41) is 0.939. The number of hydrogen-bond acceptors (Lipinski definition) is 7. The van der Waals surface area contributed by atoms with Gasteiger partial charge in [0.25, 0.3) is 5.91 Å². The lowest BCUT2D eigenvalue weighted by atomic mass is 10.2. The lowest BCUT2D eigenvalue weighted by Gasteiger charge is -2.35. The Hall–Kier alpha value is -2.55. The predicted octanol–water partition coefficient (Wildman–Crippen LogP) is 2.12. The van der Waals surface area contributed by atoms with Crippen molar-refractivity contribution in [2.45, 2.75) is 13.1 Å². The highest BCUT2D eigenvalue weighted by Crippen LogP contribution is 2.34. The van der Waals surface area contributed by atoms with Gasteiger partial charge in [-0.05, 0) is 19.1 Å². The minimum absolute atomic E-state index is 0.167. The van der Waals surface area contributed by atoms with Gasteiger partial charge in [-0.1, -0.05) is 17.4 Å². The number of carbonyl (C=O) groups is 1. The Morgan fingerprint density at radius 2 is 1.92 bits per heavy atom. The third-order valence-corrected chi connectivity index (χ3v) is 5.58. The summed E-state index contributed by atoms with van der Waals surface area (Å²) in [5.74, 6) is 0.310. The molecule has 1 aromatic carbocycles. The van der Waals surface area contributed by atoms with Crippen LogP contribution in [-0.2, 0) is 4.79 Å². The molecule has 1 amide bonds. The van der Waals surface area contributed by atoms with Crippen molar-refractivity contribution < 1.29 is 13.9 Å². The summed E-state index contributed by atoms with van der Waals surface area (Å²) in [6.07, 6.45) is -1.71. The number of aromatic nitrogens is 1. The molecule has 1 unspecified atom stereocenters. The van der Waals surface area contributed by atoms with E-state index in [-0.39, 0.29) is 5.71 Å². The van der Waals surface area contributed by atoms with Crippen molar-refractivity contribution in [3.05, 3.63) is 18.2 Å². The zero-order valence-corrected chi connectivity index (χ0v) is 15.3. The van der Waals surface area contributed by atoms with E-state index in [1.807, 2.05) is 23.1 Å². The van der Waals surface area contributed by atoms with Gasteiger partial charge in [0, 0.05) is 26.2 Å². The van der Waals surface area contributed by atoms with Crippen LogP contribution in [0.5, 0.6) is 5.75 Å². The normalized spacial score (nSPS) is 21.0. The van der Waals surface area contributed by atoms with Gasteiger partial charge in [-0.2, -0.15) is 4.99 Å². The number of hydrogen-bond donors (Lipinski definition) is 0. The molecule has 1 saturated heterocycles. The number of methoxy groups -OCH3 is 1. The molecule has 0 saturated carbocycles. The molecule has 7 nitrogen and oxygen atoms in total. The largest absolute Gasteiger partial charge is 0.494 e. The fraction of sp³-hybridized carbons (Fsp3) is 0.412. The van der Waals surface area contributed by atoms with E-state index in [9.17, 15) is 9.18 Å². The topological polar surface area (TPSA) is 70.4 Å². The Morgan fingerprint density at radius 3 is 2.62 bits per heavy atom. The zero-order chi connectivity index (χ0) is 18.3. The number of anilines is 1. The van der Waals surface area contributed by atoms with E-state index >= 15 is 0 Å². The van der Waals surface area contributed by atoms with Crippen LogP contribution >= 0.6 is 11.3 Å². The second-order valence-corrected chi connectivity index (χ2v) is 7.15.